The summed E-state index contributed by atoms with van der Waals surface area (Å²) < 4.78 is 1.99. The summed E-state index contributed by atoms with van der Waals surface area (Å²) in [6.07, 6.45) is 13.9. The summed E-state index contributed by atoms with van der Waals surface area (Å²) in [6, 6.07) is 0. The van der Waals surface area contributed by atoms with Gasteiger partial charge in [-0.25, -0.2) is 0 Å². The topological polar surface area (TPSA) is 75.3 Å². The van der Waals surface area contributed by atoms with Crippen LogP contribution >= 0.6 is 0 Å². The first-order valence-corrected chi connectivity index (χ1v) is 16.0. The van der Waals surface area contributed by atoms with Crippen molar-refractivity contribution in [2.24, 2.45) is 44.8 Å². The Bertz CT molecular complexity index is 1270. The van der Waals surface area contributed by atoms with Gasteiger partial charge in [-0.2, -0.15) is 5.10 Å². The average Bonchev–Trinajstić information content (AvgIpc) is 3.19. The van der Waals surface area contributed by atoms with Crippen molar-refractivity contribution in [3.63, 3.8) is 0 Å². The number of fused-ring (bicyclic) bond motifs is 8. The number of hydrogen-bond acceptors (Lipinski definition) is 3. The van der Waals surface area contributed by atoms with Gasteiger partial charge in [-0.15, -0.1) is 0 Å². The van der Waals surface area contributed by atoms with Crippen LogP contribution in [0.15, 0.2) is 17.8 Å². The molecule has 0 amide bonds. The maximum Gasteiger partial charge on any atom is 0.310 e. The molecule has 6 rings (SSSR count). The molecule has 2 N–H and O–H groups in total. The second-order valence-electron chi connectivity index (χ2n) is 17.6. The Kier molecular flexibility index (Phi) is 5.89. The monoisotopic (exact) mass is 550 g/mol. The van der Waals surface area contributed by atoms with Gasteiger partial charge in [0, 0.05) is 11.6 Å². The molecule has 0 unspecified atom stereocenters. The summed E-state index contributed by atoms with van der Waals surface area (Å²) >= 11 is 0. The lowest BCUT2D eigenvalue weighted by atomic mass is 9.33. The number of carbonyl (C=O) groups is 1. The van der Waals surface area contributed by atoms with E-state index in [9.17, 15) is 15.0 Å². The molecule has 0 spiro atoms. The van der Waals surface area contributed by atoms with Crippen LogP contribution < -0.4 is 0 Å². The molecule has 1 heterocycles. The number of allylic oxidation sites excluding steroid dienone is 2. The van der Waals surface area contributed by atoms with Crippen LogP contribution in [0.5, 0.6) is 0 Å². The Labute approximate surface area is 242 Å². The van der Waals surface area contributed by atoms with Crippen LogP contribution in [0.4, 0.5) is 0 Å². The van der Waals surface area contributed by atoms with E-state index in [1.807, 2.05) is 18.5 Å². The smallest absolute Gasteiger partial charge is 0.310 e. The van der Waals surface area contributed by atoms with E-state index in [4.69, 9.17) is 5.10 Å². The zero-order valence-corrected chi connectivity index (χ0v) is 26.7. The minimum atomic E-state index is -0.799. The summed E-state index contributed by atoms with van der Waals surface area (Å²) in [5.41, 5.74) is 3.20. The Morgan fingerprint density at radius 3 is 2.35 bits per heavy atom. The van der Waals surface area contributed by atoms with Crippen molar-refractivity contribution < 1.29 is 15.0 Å². The minimum Gasteiger partial charge on any atom is -0.481 e. The molecule has 5 heteroatoms. The van der Waals surface area contributed by atoms with E-state index in [2.05, 4.69) is 60.7 Å². The Balaban J connectivity index is 1.43. The van der Waals surface area contributed by atoms with Crippen molar-refractivity contribution in [1.82, 2.24) is 9.78 Å². The van der Waals surface area contributed by atoms with Gasteiger partial charge in [-0.05, 0) is 117 Å². The molecule has 0 bridgehead atoms. The van der Waals surface area contributed by atoms with Gasteiger partial charge in [-0.3, -0.25) is 9.48 Å². The fourth-order valence-electron chi connectivity index (χ4n) is 11.6. The van der Waals surface area contributed by atoms with Crippen molar-refractivity contribution in [3.05, 3.63) is 29.1 Å². The fourth-order valence-corrected chi connectivity index (χ4v) is 11.6. The van der Waals surface area contributed by atoms with Gasteiger partial charge in [-0.1, -0.05) is 60.1 Å². The predicted octanol–water partition coefficient (Wildman–Crippen LogP) is 7.55. The maximum absolute atomic E-state index is 12.9. The standard InChI is InChI=1S/C35H54N2O3/c1-29(2)14-16-35(28(38)39)17-15-33(8)23(24(35)19-29)10-11-26-32(7)18-22-20-37(21-30(3,4)40)36-27(22)31(5,6)25(32)12-13-34(26,33)9/h10,20,24-26,40H,11-19,21H2,1-9H3,(H,38,39)/t24-,25-,26+,32-,33+,34+,35-/m0/s1. The van der Waals surface area contributed by atoms with E-state index in [1.54, 1.807) is 0 Å². The molecule has 0 radical (unpaired) electrons. The van der Waals surface area contributed by atoms with E-state index >= 15 is 0 Å². The molecule has 0 saturated heterocycles. The summed E-state index contributed by atoms with van der Waals surface area (Å²) in [6.45, 7) is 21.4. The summed E-state index contributed by atoms with van der Waals surface area (Å²) in [5.74, 6) is 0.699. The van der Waals surface area contributed by atoms with Gasteiger partial charge in [0.25, 0.3) is 0 Å². The van der Waals surface area contributed by atoms with Gasteiger partial charge in [0.2, 0.25) is 0 Å². The second-order valence-corrected chi connectivity index (χ2v) is 17.6. The van der Waals surface area contributed by atoms with Crippen LogP contribution in [-0.4, -0.2) is 31.6 Å². The number of carboxylic acids is 1. The highest BCUT2D eigenvalue weighted by atomic mass is 16.4. The molecular formula is C35H54N2O3. The summed E-state index contributed by atoms with van der Waals surface area (Å²) in [5, 5.41) is 26.2. The highest BCUT2D eigenvalue weighted by Crippen LogP contribution is 2.75. The first-order chi connectivity index (χ1) is 18.3. The molecule has 0 aliphatic heterocycles. The zero-order valence-electron chi connectivity index (χ0n) is 26.7. The van der Waals surface area contributed by atoms with Crippen molar-refractivity contribution in [1.29, 1.82) is 0 Å². The highest BCUT2D eigenvalue weighted by Gasteiger charge is 2.69. The van der Waals surface area contributed by atoms with Crippen LogP contribution in [0.2, 0.25) is 0 Å². The molecule has 3 fully saturated rings. The number of rotatable bonds is 3. The summed E-state index contributed by atoms with van der Waals surface area (Å²) in [7, 11) is 0. The Morgan fingerprint density at radius 1 is 1.02 bits per heavy atom. The lowest BCUT2D eigenvalue weighted by Gasteiger charge is -2.70. The lowest BCUT2D eigenvalue weighted by molar-refractivity contribution is -0.177. The van der Waals surface area contributed by atoms with Gasteiger partial charge in [0.05, 0.1) is 23.3 Å². The van der Waals surface area contributed by atoms with Crippen molar-refractivity contribution >= 4 is 5.97 Å². The largest absolute Gasteiger partial charge is 0.481 e. The van der Waals surface area contributed by atoms with Crippen molar-refractivity contribution in [2.75, 3.05) is 0 Å². The van der Waals surface area contributed by atoms with Crippen LogP contribution in [0.1, 0.15) is 125 Å². The number of aliphatic hydroxyl groups is 1. The molecule has 3 saturated carbocycles. The molecule has 1 aromatic heterocycles. The minimum absolute atomic E-state index is 0.0299. The van der Waals surface area contributed by atoms with Crippen molar-refractivity contribution in [2.45, 2.75) is 138 Å². The van der Waals surface area contributed by atoms with Gasteiger partial charge >= 0.3 is 5.97 Å². The molecule has 5 aliphatic rings. The van der Waals surface area contributed by atoms with Gasteiger partial charge in [0.15, 0.2) is 0 Å². The van der Waals surface area contributed by atoms with Crippen LogP contribution in [0.3, 0.4) is 0 Å². The fraction of sp³-hybridized carbons (Fsp3) is 0.829. The highest BCUT2D eigenvalue weighted by molar-refractivity contribution is 5.76. The zero-order chi connectivity index (χ0) is 29.3. The maximum atomic E-state index is 12.9. The van der Waals surface area contributed by atoms with Crippen LogP contribution in [-0.2, 0) is 23.2 Å². The SMILES string of the molecule is CC(C)(O)Cn1cc2c(n1)C(C)(C)[C@@H]1CC[C@]3(C)[C@H](CC=C4[C@@H]5CC(C)(C)CC[C@]5(C(=O)O)CC[C@]43C)[C@@]1(C)C2. The average molecular weight is 551 g/mol. The van der Waals surface area contributed by atoms with E-state index < -0.39 is 17.0 Å². The quantitative estimate of drug-likeness (QED) is 0.381. The van der Waals surface area contributed by atoms with Gasteiger partial charge < -0.3 is 10.2 Å². The molecule has 7 atom stereocenters. The second kappa shape index (κ2) is 8.26. The van der Waals surface area contributed by atoms with E-state index in [1.165, 1.54) is 29.7 Å². The van der Waals surface area contributed by atoms with Crippen LogP contribution in [0, 0.1) is 44.8 Å². The number of aromatic nitrogens is 2. The van der Waals surface area contributed by atoms with E-state index in [0.29, 0.717) is 18.4 Å². The van der Waals surface area contributed by atoms with Crippen molar-refractivity contribution in [3.8, 4) is 0 Å². The lowest BCUT2D eigenvalue weighted by Crippen LogP contribution is -2.64. The number of aliphatic carboxylic acids is 1. The molecule has 222 valence electrons. The third-order valence-electron chi connectivity index (χ3n) is 13.8. The predicted molar refractivity (Wildman–Crippen MR) is 159 cm³/mol. The molecule has 5 aliphatic carbocycles. The Hall–Kier alpha value is -1.62. The molecule has 0 aromatic carbocycles. The molecule has 40 heavy (non-hydrogen) atoms. The first-order valence-electron chi connectivity index (χ1n) is 16.0. The van der Waals surface area contributed by atoms with Gasteiger partial charge in [0.1, 0.15) is 0 Å². The van der Waals surface area contributed by atoms with Crippen LogP contribution in [0.25, 0.3) is 0 Å². The number of nitrogens with zero attached hydrogens (tertiary/aromatic N) is 2. The molecule has 5 nitrogen and oxygen atoms in total. The number of carboxylic acid groups (broad SMARTS) is 1. The summed E-state index contributed by atoms with van der Waals surface area (Å²) in [4.78, 5) is 12.9. The molecule has 1 aromatic rings. The third-order valence-corrected chi connectivity index (χ3v) is 13.8. The Morgan fingerprint density at radius 2 is 1.70 bits per heavy atom. The first kappa shape index (κ1) is 28.5. The molecular weight excluding hydrogens is 496 g/mol. The number of hydrogen-bond donors (Lipinski definition) is 2. The third kappa shape index (κ3) is 3.67. The van der Waals surface area contributed by atoms with E-state index in [-0.39, 0.29) is 33.0 Å². The van der Waals surface area contributed by atoms with E-state index in [0.717, 1.165) is 44.9 Å². The normalized spacial score (nSPS) is 43.4.